The van der Waals surface area contributed by atoms with E-state index in [4.69, 9.17) is 21.1 Å². The molecule has 0 unspecified atom stereocenters. The van der Waals surface area contributed by atoms with Crippen molar-refractivity contribution >= 4 is 34.9 Å². The minimum Gasteiger partial charge on any atom is -0.493 e. The van der Waals surface area contributed by atoms with Crippen LogP contribution in [0.15, 0.2) is 53.6 Å². The summed E-state index contributed by atoms with van der Waals surface area (Å²) in [7, 11) is 1.48. The first kappa shape index (κ1) is 24.5. The summed E-state index contributed by atoms with van der Waals surface area (Å²) in [6.07, 6.45) is 1.38. The number of non-ortho nitro benzene ring substituents is 1. The standard InChI is InChI=1S/C23H21ClN4O6/c1-14-6-15(2)8-17(7-14)13-34-23-19(24)9-16(10-22(23)33-3)12-25-26-20-5-4-18(27(29)30)11-21(20)28(31)32/h4-12,26H,13H2,1-3H3/b25-12+. The third-order valence-corrected chi connectivity index (χ3v) is 4.98. The van der Waals surface area contributed by atoms with E-state index in [1.807, 2.05) is 26.0 Å². The monoisotopic (exact) mass is 484 g/mol. The van der Waals surface area contributed by atoms with Crippen molar-refractivity contribution in [2.75, 3.05) is 12.5 Å². The van der Waals surface area contributed by atoms with Crippen LogP contribution in [0, 0.1) is 34.1 Å². The van der Waals surface area contributed by atoms with E-state index in [9.17, 15) is 20.2 Å². The van der Waals surface area contributed by atoms with Gasteiger partial charge in [-0.2, -0.15) is 5.10 Å². The molecule has 0 saturated carbocycles. The molecule has 0 atom stereocenters. The lowest BCUT2D eigenvalue weighted by Crippen LogP contribution is -2.01. The molecule has 0 heterocycles. The molecular formula is C23H21ClN4O6. The Bertz CT molecular complexity index is 1260. The number of nitro benzene ring substituents is 2. The number of nitrogens with one attached hydrogen (secondary N) is 1. The zero-order valence-electron chi connectivity index (χ0n) is 18.6. The quantitative estimate of drug-likeness (QED) is 0.230. The summed E-state index contributed by atoms with van der Waals surface area (Å²) < 4.78 is 11.3. The highest BCUT2D eigenvalue weighted by atomic mass is 35.5. The van der Waals surface area contributed by atoms with Crippen molar-refractivity contribution in [2.24, 2.45) is 5.10 Å². The number of benzene rings is 3. The van der Waals surface area contributed by atoms with Crippen LogP contribution >= 0.6 is 11.6 Å². The summed E-state index contributed by atoms with van der Waals surface area (Å²) in [5, 5.41) is 26.4. The van der Waals surface area contributed by atoms with Gasteiger partial charge < -0.3 is 9.47 Å². The third kappa shape index (κ3) is 5.99. The van der Waals surface area contributed by atoms with E-state index in [1.165, 1.54) is 19.4 Å². The average Bonchev–Trinajstić information content (AvgIpc) is 2.77. The van der Waals surface area contributed by atoms with E-state index < -0.39 is 21.2 Å². The highest BCUT2D eigenvalue weighted by Gasteiger charge is 2.19. The second-order valence-corrected chi connectivity index (χ2v) is 7.81. The van der Waals surface area contributed by atoms with E-state index in [2.05, 4.69) is 16.6 Å². The maximum Gasteiger partial charge on any atom is 0.301 e. The van der Waals surface area contributed by atoms with Gasteiger partial charge in [-0.3, -0.25) is 25.7 Å². The smallest absolute Gasteiger partial charge is 0.301 e. The second-order valence-electron chi connectivity index (χ2n) is 7.40. The van der Waals surface area contributed by atoms with Crippen molar-refractivity contribution in [3.8, 4) is 11.5 Å². The lowest BCUT2D eigenvalue weighted by atomic mass is 10.1. The van der Waals surface area contributed by atoms with Crippen LogP contribution in [0.4, 0.5) is 17.1 Å². The van der Waals surface area contributed by atoms with Crippen molar-refractivity contribution in [1.82, 2.24) is 0 Å². The van der Waals surface area contributed by atoms with Gasteiger partial charge in [0.25, 0.3) is 5.69 Å². The summed E-state index contributed by atoms with van der Waals surface area (Å²) in [5.74, 6) is 0.763. The first-order valence-electron chi connectivity index (χ1n) is 9.97. The fraction of sp³-hybridized carbons (Fsp3) is 0.174. The Morgan fingerprint density at radius 1 is 1.03 bits per heavy atom. The molecule has 11 heteroatoms. The van der Waals surface area contributed by atoms with E-state index in [0.29, 0.717) is 28.7 Å². The zero-order chi connectivity index (χ0) is 24.8. The van der Waals surface area contributed by atoms with Crippen LogP contribution in [0.25, 0.3) is 0 Å². The predicted octanol–water partition coefficient (Wildman–Crippen LogP) is 5.81. The number of halogens is 1. The number of hydrogen-bond acceptors (Lipinski definition) is 8. The molecular weight excluding hydrogens is 464 g/mol. The third-order valence-electron chi connectivity index (χ3n) is 4.70. The predicted molar refractivity (Wildman–Crippen MR) is 129 cm³/mol. The number of rotatable bonds is 9. The van der Waals surface area contributed by atoms with Gasteiger partial charge in [-0.1, -0.05) is 40.9 Å². The number of hydrazone groups is 1. The molecule has 0 amide bonds. The summed E-state index contributed by atoms with van der Waals surface area (Å²) in [6, 6.07) is 12.6. The van der Waals surface area contributed by atoms with E-state index in [1.54, 1.807) is 12.1 Å². The van der Waals surface area contributed by atoms with Crippen LogP contribution in [0.3, 0.4) is 0 Å². The molecule has 0 radical (unpaired) electrons. The fourth-order valence-corrected chi connectivity index (χ4v) is 3.59. The van der Waals surface area contributed by atoms with E-state index in [-0.39, 0.29) is 5.69 Å². The number of nitrogens with zero attached hydrogens (tertiary/aromatic N) is 3. The van der Waals surface area contributed by atoms with Gasteiger partial charge in [-0.25, -0.2) is 0 Å². The van der Waals surface area contributed by atoms with Crippen LogP contribution < -0.4 is 14.9 Å². The number of methoxy groups -OCH3 is 1. The van der Waals surface area contributed by atoms with Gasteiger partial charge in [0.15, 0.2) is 11.5 Å². The van der Waals surface area contributed by atoms with E-state index >= 15 is 0 Å². The normalized spacial score (nSPS) is 10.8. The molecule has 0 bridgehead atoms. The molecule has 34 heavy (non-hydrogen) atoms. The van der Waals surface area contributed by atoms with Gasteiger partial charge in [0.05, 0.1) is 34.3 Å². The first-order valence-corrected chi connectivity index (χ1v) is 10.3. The second kappa shape index (κ2) is 10.6. The van der Waals surface area contributed by atoms with Gasteiger partial charge in [0.1, 0.15) is 12.3 Å². The Labute approximate surface area is 200 Å². The molecule has 0 aliphatic rings. The Morgan fingerprint density at radius 2 is 1.74 bits per heavy atom. The number of hydrogen-bond donors (Lipinski definition) is 1. The van der Waals surface area contributed by atoms with Crippen molar-refractivity contribution in [1.29, 1.82) is 0 Å². The van der Waals surface area contributed by atoms with Crippen LogP contribution in [0.1, 0.15) is 22.3 Å². The summed E-state index contributed by atoms with van der Waals surface area (Å²) in [4.78, 5) is 20.7. The molecule has 1 N–H and O–H groups in total. The van der Waals surface area contributed by atoms with Crippen molar-refractivity contribution in [3.63, 3.8) is 0 Å². The van der Waals surface area contributed by atoms with Gasteiger partial charge in [0.2, 0.25) is 0 Å². The van der Waals surface area contributed by atoms with Crippen LogP contribution in [0.5, 0.6) is 11.5 Å². The largest absolute Gasteiger partial charge is 0.493 e. The molecule has 3 aromatic rings. The number of anilines is 1. The van der Waals surface area contributed by atoms with Crippen molar-refractivity contribution < 1.29 is 19.3 Å². The Balaban J connectivity index is 1.78. The lowest BCUT2D eigenvalue weighted by molar-refractivity contribution is -0.393. The number of ether oxygens (including phenoxy) is 2. The maximum atomic E-state index is 11.2. The van der Waals surface area contributed by atoms with Crippen molar-refractivity contribution in [2.45, 2.75) is 20.5 Å². The molecule has 0 aromatic heterocycles. The minimum atomic E-state index is -0.730. The van der Waals surface area contributed by atoms with Gasteiger partial charge in [0, 0.05) is 6.07 Å². The van der Waals surface area contributed by atoms with Crippen molar-refractivity contribution in [3.05, 3.63) is 96.0 Å². The van der Waals surface area contributed by atoms with E-state index in [0.717, 1.165) is 28.8 Å². The number of nitro groups is 2. The maximum absolute atomic E-state index is 11.2. The summed E-state index contributed by atoms with van der Waals surface area (Å²) >= 11 is 6.41. The molecule has 176 valence electrons. The molecule has 0 spiro atoms. The molecule has 3 rings (SSSR count). The minimum absolute atomic E-state index is 0.00156. The highest BCUT2D eigenvalue weighted by Crippen LogP contribution is 2.37. The molecule has 0 aliphatic heterocycles. The van der Waals surface area contributed by atoms with Crippen LogP contribution in [-0.4, -0.2) is 23.2 Å². The van der Waals surface area contributed by atoms with Gasteiger partial charge in [-0.05, 0) is 43.2 Å². The molecule has 10 nitrogen and oxygen atoms in total. The Kier molecular flexibility index (Phi) is 7.64. The first-order chi connectivity index (χ1) is 16.2. The van der Waals surface area contributed by atoms with Gasteiger partial charge >= 0.3 is 5.69 Å². The van der Waals surface area contributed by atoms with Crippen LogP contribution in [-0.2, 0) is 6.61 Å². The summed E-state index contributed by atoms with van der Waals surface area (Å²) in [6.45, 7) is 4.33. The zero-order valence-corrected chi connectivity index (χ0v) is 19.3. The average molecular weight is 485 g/mol. The lowest BCUT2D eigenvalue weighted by Gasteiger charge is -2.14. The fourth-order valence-electron chi connectivity index (χ4n) is 3.32. The SMILES string of the molecule is COc1cc(/C=N/Nc2ccc([N+](=O)[O-])cc2[N+](=O)[O-])cc(Cl)c1OCc1cc(C)cc(C)c1. The Morgan fingerprint density at radius 3 is 2.35 bits per heavy atom. The topological polar surface area (TPSA) is 129 Å². The summed E-state index contributed by atoms with van der Waals surface area (Å²) in [5.41, 5.74) is 5.45. The highest BCUT2D eigenvalue weighted by molar-refractivity contribution is 6.32. The Hall–Kier alpha value is -4.18. The van der Waals surface area contributed by atoms with Crippen LogP contribution in [0.2, 0.25) is 5.02 Å². The molecule has 0 aliphatic carbocycles. The molecule has 0 fully saturated rings. The molecule has 3 aromatic carbocycles. The molecule has 0 saturated heterocycles. The number of aryl methyl sites for hydroxylation is 2. The van der Waals surface area contributed by atoms with Gasteiger partial charge in [-0.15, -0.1) is 0 Å².